The molecule has 0 aromatic heterocycles. The van der Waals surface area contributed by atoms with Gasteiger partial charge in [-0.1, -0.05) is 0 Å². The Kier molecular flexibility index (Phi) is 4.70. The summed E-state index contributed by atoms with van der Waals surface area (Å²) in [7, 11) is 1.72. The smallest absolute Gasteiger partial charge is 0.238 e. The largest absolute Gasteiger partial charge is 0.384 e. The van der Waals surface area contributed by atoms with Gasteiger partial charge < -0.3 is 21.1 Å². The lowest BCUT2D eigenvalue weighted by Gasteiger charge is -2.36. The van der Waals surface area contributed by atoms with Crippen LogP contribution in [-0.4, -0.2) is 49.7 Å². The quantitative estimate of drug-likeness (QED) is 0.669. The average molecular weight is 229 g/mol. The number of carbonyl (C=O) groups excluding carboxylic acids is 1. The lowest BCUT2D eigenvalue weighted by Crippen LogP contribution is -2.58. The first-order valence-electron chi connectivity index (χ1n) is 5.76. The van der Waals surface area contributed by atoms with Crippen molar-refractivity contribution in [2.45, 2.75) is 25.3 Å². The van der Waals surface area contributed by atoms with Crippen molar-refractivity contribution in [1.29, 1.82) is 0 Å². The lowest BCUT2D eigenvalue weighted by molar-refractivity contribution is -0.123. The fourth-order valence-electron chi connectivity index (χ4n) is 2.21. The molecule has 1 heterocycles. The maximum Gasteiger partial charge on any atom is 0.238 e. The van der Waals surface area contributed by atoms with Gasteiger partial charge in [0.05, 0.1) is 6.61 Å². The van der Waals surface area contributed by atoms with Gasteiger partial charge in [-0.25, -0.2) is 0 Å². The zero-order valence-electron chi connectivity index (χ0n) is 10.2. The van der Waals surface area contributed by atoms with Gasteiger partial charge in [0.15, 0.2) is 0 Å². The highest BCUT2D eigenvalue weighted by Crippen LogP contribution is 2.18. The van der Waals surface area contributed by atoms with Crippen LogP contribution in [0.15, 0.2) is 0 Å². The van der Waals surface area contributed by atoms with E-state index in [1.807, 2.05) is 0 Å². The second-order valence-electron chi connectivity index (χ2n) is 4.98. The highest BCUT2D eigenvalue weighted by Gasteiger charge is 2.30. The van der Waals surface area contributed by atoms with Crippen LogP contribution in [0.3, 0.4) is 0 Å². The Labute approximate surface area is 97.1 Å². The first-order chi connectivity index (χ1) is 7.45. The van der Waals surface area contributed by atoms with Crippen LogP contribution in [0.25, 0.3) is 0 Å². The van der Waals surface area contributed by atoms with Crippen LogP contribution < -0.4 is 11.5 Å². The third kappa shape index (κ3) is 3.73. The van der Waals surface area contributed by atoms with Gasteiger partial charge >= 0.3 is 0 Å². The van der Waals surface area contributed by atoms with Gasteiger partial charge in [0.1, 0.15) is 5.54 Å². The summed E-state index contributed by atoms with van der Waals surface area (Å²) >= 11 is 0. The van der Waals surface area contributed by atoms with Crippen molar-refractivity contribution in [3.8, 4) is 0 Å². The predicted molar refractivity (Wildman–Crippen MR) is 62.8 cm³/mol. The maximum absolute atomic E-state index is 11.1. The molecule has 1 amide bonds. The number of ether oxygens (including phenoxy) is 1. The van der Waals surface area contributed by atoms with E-state index in [9.17, 15) is 4.79 Å². The van der Waals surface area contributed by atoms with E-state index in [-0.39, 0.29) is 0 Å². The van der Waals surface area contributed by atoms with Crippen LogP contribution in [0.1, 0.15) is 19.8 Å². The highest BCUT2D eigenvalue weighted by atomic mass is 16.5. The van der Waals surface area contributed by atoms with Crippen LogP contribution in [-0.2, 0) is 9.53 Å². The van der Waals surface area contributed by atoms with Crippen molar-refractivity contribution >= 4 is 5.91 Å². The van der Waals surface area contributed by atoms with Gasteiger partial charge in [-0.15, -0.1) is 0 Å². The molecule has 0 aliphatic carbocycles. The number of hydrogen-bond donors (Lipinski definition) is 2. The van der Waals surface area contributed by atoms with E-state index in [0.29, 0.717) is 12.5 Å². The van der Waals surface area contributed by atoms with E-state index in [2.05, 4.69) is 4.90 Å². The molecule has 2 atom stereocenters. The Bertz CT molecular complexity index is 241. The van der Waals surface area contributed by atoms with Crippen LogP contribution in [0.5, 0.6) is 0 Å². The number of piperidine rings is 1. The number of nitrogens with two attached hydrogens (primary N) is 2. The number of carbonyl (C=O) groups is 1. The summed E-state index contributed by atoms with van der Waals surface area (Å²) in [6.07, 6.45) is 2.31. The molecule has 1 aliphatic rings. The molecule has 5 nitrogen and oxygen atoms in total. The zero-order chi connectivity index (χ0) is 12.2. The molecule has 5 heteroatoms. The SMILES string of the molecule is COCC1CCCN(CC(C)(N)C(N)=O)C1. The molecule has 4 N–H and O–H groups in total. The number of amides is 1. The number of methoxy groups -OCH3 is 1. The van der Waals surface area contributed by atoms with Crippen molar-refractivity contribution in [3.05, 3.63) is 0 Å². The van der Waals surface area contributed by atoms with E-state index in [1.54, 1.807) is 14.0 Å². The second kappa shape index (κ2) is 5.61. The minimum absolute atomic E-state index is 0.443. The Morgan fingerprint density at radius 3 is 2.88 bits per heavy atom. The monoisotopic (exact) mass is 229 g/mol. The van der Waals surface area contributed by atoms with Gasteiger partial charge in [-0.05, 0) is 32.2 Å². The van der Waals surface area contributed by atoms with Crippen LogP contribution in [0, 0.1) is 5.92 Å². The molecule has 0 bridgehead atoms. The molecule has 16 heavy (non-hydrogen) atoms. The van der Waals surface area contributed by atoms with Gasteiger partial charge in [-0.3, -0.25) is 4.79 Å². The molecule has 0 aromatic rings. The summed E-state index contributed by atoms with van der Waals surface area (Å²) in [5, 5.41) is 0. The van der Waals surface area contributed by atoms with Crippen molar-refractivity contribution in [3.63, 3.8) is 0 Å². The van der Waals surface area contributed by atoms with Gasteiger partial charge in [0.2, 0.25) is 5.91 Å². The van der Waals surface area contributed by atoms with Crippen molar-refractivity contribution < 1.29 is 9.53 Å². The predicted octanol–water partition coefficient (Wildman–Crippen LogP) is -0.452. The van der Waals surface area contributed by atoms with Gasteiger partial charge in [0, 0.05) is 20.2 Å². The summed E-state index contributed by atoms with van der Waals surface area (Å²) in [6.45, 7) is 4.92. The Balaban J connectivity index is 2.45. The molecule has 0 radical (unpaired) electrons. The van der Waals surface area contributed by atoms with Crippen molar-refractivity contribution in [1.82, 2.24) is 4.90 Å². The van der Waals surface area contributed by atoms with Crippen molar-refractivity contribution in [2.24, 2.45) is 17.4 Å². The molecular formula is C11H23N3O2. The Morgan fingerprint density at radius 2 is 2.31 bits per heavy atom. The fourth-order valence-corrected chi connectivity index (χ4v) is 2.21. The number of hydrogen-bond acceptors (Lipinski definition) is 4. The fraction of sp³-hybridized carbons (Fsp3) is 0.909. The molecule has 94 valence electrons. The summed E-state index contributed by atoms with van der Waals surface area (Å²) < 4.78 is 5.16. The van der Waals surface area contributed by atoms with Crippen LogP contribution in [0.2, 0.25) is 0 Å². The minimum atomic E-state index is -0.936. The van der Waals surface area contributed by atoms with E-state index in [4.69, 9.17) is 16.2 Å². The number of rotatable bonds is 5. The van der Waals surface area contributed by atoms with Crippen molar-refractivity contribution in [2.75, 3.05) is 33.4 Å². The Morgan fingerprint density at radius 1 is 1.62 bits per heavy atom. The molecule has 0 spiro atoms. The Hall–Kier alpha value is -0.650. The van der Waals surface area contributed by atoms with E-state index in [1.165, 1.54) is 6.42 Å². The standard InChI is InChI=1S/C11H23N3O2/c1-11(13,10(12)15)8-14-5-3-4-9(6-14)7-16-2/h9H,3-8,13H2,1-2H3,(H2,12,15). The zero-order valence-corrected chi connectivity index (χ0v) is 10.2. The maximum atomic E-state index is 11.1. The molecule has 1 aliphatic heterocycles. The van der Waals surface area contributed by atoms with Gasteiger partial charge in [0.25, 0.3) is 0 Å². The van der Waals surface area contributed by atoms with E-state index in [0.717, 1.165) is 26.1 Å². The van der Waals surface area contributed by atoms with E-state index >= 15 is 0 Å². The van der Waals surface area contributed by atoms with Crippen LogP contribution >= 0.6 is 0 Å². The average Bonchev–Trinajstić information content (AvgIpc) is 2.17. The first kappa shape index (κ1) is 13.4. The summed E-state index contributed by atoms with van der Waals surface area (Å²) in [5.74, 6) is 0.101. The minimum Gasteiger partial charge on any atom is -0.384 e. The number of likely N-dealkylation sites (tertiary alicyclic amines) is 1. The van der Waals surface area contributed by atoms with Gasteiger partial charge in [-0.2, -0.15) is 0 Å². The molecular weight excluding hydrogens is 206 g/mol. The molecule has 1 fully saturated rings. The molecule has 1 saturated heterocycles. The second-order valence-corrected chi connectivity index (χ2v) is 4.98. The summed E-state index contributed by atoms with van der Waals surface area (Å²) in [4.78, 5) is 13.4. The highest BCUT2D eigenvalue weighted by molar-refractivity contribution is 5.84. The molecule has 1 rings (SSSR count). The topological polar surface area (TPSA) is 81.6 Å². The third-order valence-electron chi connectivity index (χ3n) is 3.12. The number of nitrogens with zero attached hydrogens (tertiary/aromatic N) is 1. The normalized spacial score (nSPS) is 26.3. The number of primary amides is 1. The van der Waals surface area contributed by atoms with Crippen LogP contribution in [0.4, 0.5) is 0 Å². The summed E-state index contributed by atoms with van der Waals surface area (Å²) in [5.41, 5.74) is 10.2. The molecule has 0 aromatic carbocycles. The van der Waals surface area contributed by atoms with E-state index < -0.39 is 11.4 Å². The first-order valence-corrected chi connectivity index (χ1v) is 5.76. The summed E-state index contributed by atoms with van der Waals surface area (Å²) in [6, 6.07) is 0. The molecule has 0 saturated carbocycles. The lowest BCUT2D eigenvalue weighted by atomic mass is 9.95. The third-order valence-corrected chi connectivity index (χ3v) is 3.12. The molecule has 2 unspecified atom stereocenters.